The normalized spacial score (nSPS) is 29.2. The van der Waals surface area contributed by atoms with Crippen molar-refractivity contribution >= 4 is 11.9 Å². The van der Waals surface area contributed by atoms with Crippen LogP contribution in [-0.4, -0.2) is 23.0 Å². The predicted octanol–water partition coefficient (Wildman–Crippen LogP) is 1.71. The van der Waals surface area contributed by atoms with Crippen LogP contribution in [-0.2, 0) is 9.59 Å². The second-order valence-electron chi connectivity index (χ2n) is 5.04. The first-order valence-corrected chi connectivity index (χ1v) is 6.35. The number of hydrogen-bond acceptors (Lipinski definition) is 2. The summed E-state index contributed by atoms with van der Waals surface area (Å²) in [7, 11) is 0. The molecule has 0 aromatic rings. The topological polar surface area (TPSA) is 66.4 Å². The van der Waals surface area contributed by atoms with Crippen molar-refractivity contribution in [2.45, 2.75) is 44.6 Å². The number of carbonyl (C=O) groups is 2. The first-order valence-electron chi connectivity index (χ1n) is 6.35. The Morgan fingerprint density at radius 1 is 1.00 bits per heavy atom. The Morgan fingerprint density at radius 2 is 1.53 bits per heavy atom. The summed E-state index contributed by atoms with van der Waals surface area (Å²) in [6.07, 6.45) is 8.73. The minimum Gasteiger partial charge on any atom is -0.481 e. The zero-order valence-electron chi connectivity index (χ0n) is 9.89. The van der Waals surface area contributed by atoms with E-state index >= 15 is 0 Å². The molecule has 1 amide bonds. The van der Waals surface area contributed by atoms with Gasteiger partial charge in [-0.15, -0.1) is 0 Å². The van der Waals surface area contributed by atoms with Crippen LogP contribution in [0.2, 0.25) is 0 Å². The highest BCUT2D eigenvalue weighted by molar-refractivity contribution is 5.79. The van der Waals surface area contributed by atoms with E-state index in [-0.39, 0.29) is 23.8 Å². The molecule has 1 saturated carbocycles. The van der Waals surface area contributed by atoms with Gasteiger partial charge < -0.3 is 10.4 Å². The molecule has 0 aliphatic heterocycles. The fourth-order valence-electron chi connectivity index (χ4n) is 2.66. The third-order valence-electron chi connectivity index (χ3n) is 3.80. The van der Waals surface area contributed by atoms with Crippen molar-refractivity contribution in [2.75, 3.05) is 0 Å². The Morgan fingerprint density at radius 3 is 2.06 bits per heavy atom. The molecular formula is C13H19NO3. The number of hydrogen-bond donors (Lipinski definition) is 2. The van der Waals surface area contributed by atoms with E-state index in [1.165, 1.54) is 0 Å². The van der Waals surface area contributed by atoms with Crippen LogP contribution in [0.1, 0.15) is 38.5 Å². The molecule has 4 heteroatoms. The largest absolute Gasteiger partial charge is 0.481 e. The summed E-state index contributed by atoms with van der Waals surface area (Å²) in [6.45, 7) is 0. The molecular weight excluding hydrogens is 218 g/mol. The second kappa shape index (κ2) is 5.34. The van der Waals surface area contributed by atoms with Gasteiger partial charge >= 0.3 is 5.97 Å². The van der Waals surface area contributed by atoms with Gasteiger partial charge in [-0.25, -0.2) is 0 Å². The van der Waals surface area contributed by atoms with Crippen LogP contribution in [0, 0.1) is 11.8 Å². The van der Waals surface area contributed by atoms with Gasteiger partial charge in [0.15, 0.2) is 0 Å². The molecule has 94 valence electrons. The predicted molar refractivity (Wildman–Crippen MR) is 63.4 cm³/mol. The Labute approximate surface area is 101 Å². The Balaban J connectivity index is 1.76. The van der Waals surface area contributed by atoms with Gasteiger partial charge in [-0.3, -0.25) is 9.59 Å². The van der Waals surface area contributed by atoms with Crippen LogP contribution in [0.15, 0.2) is 12.2 Å². The quantitative estimate of drug-likeness (QED) is 0.734. The van der Waals surface area contributed by atoms with E-state index < -0.39 is 5.97 Å². The summed E-state index contributed by atoms with van der Waals surface area (Å²) in [5.74, 6) is -0.829. The lowest BCUT2D eigenvalue weighted by Crippen LogP contribution is -2.39. The minimum atomic E-state index is -0.719. The van der Waals surface area contributed by atoms with Gasteiger partial charge in [0.05, 0.1) is 5.92 Å². The number of carbonyl (C=O) groups excluding carboxylic acids is 1. The first-order chi connectivity index (χ1) is 8.16. The number of aliphatic carboxylic acids is 1. The zero-order valence-corrected chi connectivity index (χ0v) is 9.89. The maximum absolute atomic E-state index is 11.9. The number of rotatable bonds is 3. The van der Waals surface area contributed by atoms with E-state index in [1.54, 1.807) is 0 Å². The fourth-order valence-corrected chi connectivity index (χ4v) is 2.66. The summed E-state index contributed by atoms with van der Waals surface area (Å²) in [5, 5.41) is 11.9. The van der Waals surface area contributed by atoms with Crippen molar-refractivity contribution in [1.82, 2.24) is 5.32 Å². The van der Waals surface area contributed by atoms with Gasteiger partial charge in [0, 0.05) is 12.0 Å². The molecule has 0 atom stereocenters. The number of amides is 1. The number of carboxylic acids is 1. The van der Waals surface area contributed by atoms with Gasteiger partial charge in [-0.1, -0.05) is 12.2 Å². The smallest absolute Gasteiger partial charge is 0.306 e. The highest BCUT2D eigenvalue weighted by atomic mass is 16.4. The molecule has 17 heavy (non-hydrogen) atoms. The Bertz CT molecular complexity index is 322. The van der Waals surface area contributed by atoms with E-state index in [0.29, 0.717) is 25.7 Å². The molecule has 0 saturated heterocycles. The molecule has 0 heterocycles. The number of carboxylic acid groups (broad SMARTS) is 1. The lowest BCUT2D eigenvalue weighted by molar-refractivity contribution is -0.144. The minimum absolute atomic E-state index is 0.0196. The zero-order chi connectivity index (χ0) is 12.3. The third-order valence-corrected chi connectivity index (χ3v) is 3.80. The highest BCUT2D eigenvalue weighted by Gasteiger charge is 2.30. The van der Waals surface area contributed by atoms with Gasteiger partial charge in [0.1, 0.15) is 0 Å². The van der Waals surface area contributed by atoms with Crippen molar-refractivity contribution in [2.24, 2.45) is 11.8 Å². The fraction of sp³-hybridized carbons (Fsp3) is 0.692. The van der Waals surface area contributed by atoms with E-state index in [1.807, 2.05) is 0 Å². The molecule has 0 aromatic carbocycles. The van der Waals surface area contributed by atoms with Gasteiger partial charge in [-0.05, 0) is 38.5 Å². The molecule has 0 aromatic heterocycles. The van der Waals surface area contributed by atoms with Gasteiger partial charge in [0.2, 0.25) is 5.91 Å². The van der Waals surface area contributed by atoms with E-state index in [4.69, 9.17) is 5.11 Å². The molecule has 0 spiro atoms. The van der Waals surface area contributed by atoms with E-state index in [0.717, 1.165) is 12.8 Å². The van der Waals surface area contributed by atoms with Gasteiger partial charge in [-0.2, -0.15) is 0 Å². The van der Waals surface area contributed by atoms with Crippen molar-refractivity contribution in [1.29, 1.82) is 0 Å². The Kier molecular flexibility index (Phi) is 3.82. The molecule has 2 aliphatic rings. The van der Waals surface area contributed by atoms with E-state index in [2.05, 4.69) is 17.5 Å². The standard InChI is InChI=1S/C13H19NO3/c15-12(14-11-3-1-2-4-11)9-5-7-10(8-6-9)13(16)17/h1-2,9-11H,3-8H2,(H,14,15)(H,16,17). The molecule has 1 fully saturated rings. The van der Waals surface area contributed by atoms with Crippen LogP contribution in [0.3, 0.4) is 0 Å². The van der Waals surface area contributed by atoms with Crippen LogP contribution >= 0.6 is 0 Å². The van der Waals surface area contributed by atoms with Crippen LogP contribution in [0.5, 0.6) is 0 Å². The average Bonchev–Trinajstić information content (AvgIpc) is 2.82. The molecule has 4 nitrogen and oxygen atoms in total. The van der Waals surface area contributed by atoms with Crippen LogP contribution < -0.4 is 5.32 Å². The monoisotopic (exact) mass is 237 g/mol. The van der Waals surface area contributed by atoms with E-state index in [9.17, 15) is 9.59 Å². The van der Waals surface area contributed by atoms with Crippen molar-refractivity contribution in [3.8, 4) is 0 Å². The maximum atomic E-state index is 11.9. The van der Waals surface area contributed by atoms with Crippen LogP contribution in [0.4, 0.5) is 0 Å². The van der Waals surface area contributed by atoms with Gasteiger partial charge in [0.25, 0.3) is 0 Å². The first kappa shape index (κ1) is 12.1. The lowest BCUT2D eigenvalue weighted by Gasteiger charge is -2.26. The second-order valence-corrected chi connectivity index (χ2v) is 5.04. The molecule has 2 rings (SSSR count). The summed E-state index contributed by atoms with van der Waals surface area (Å²) in [5.41, 5.74) is 0. The van der Waals surface area contributed by atoms with Crippen LogP contribution in [0.25, 0.3) is 0 Å². The molecule has 0 radical (unpaired) electrons. The molecule has 0 unspecified atom stereocenters. The van der Waals surface area contributed by atoms with Crippen molar-refractivity contribution < 1.29 is 14.7 Å². The Hall–Kier alpha value is -1.32. The molecule has 0 bridgehead atoms. The lowest BCUT2D eigenvalue weighted by atomic mass is 9.81. The molecule has 2 N–H and O–H groups in total. The van der Waals surface area contributed by atoms with Crippen molar-refractivity contribution in [3.05, 3.63) is 12.2 Å². The molecule has 2 aliphatic carbocycles. The highest BCUT2D eigenvalue weighted by Crippen LogP contribution is 2.29. The summed E-state index contributed by atoms with van der Waals surface area (Å²) in [4.78, 5) is 22.7. The summed E-state index contributed by atoms with van der Waals surface area (Å²) < 4.78 is 0. The SMILES string of the molecule is O=C(O)C1CCC(C(=O)NC2CC=CC2)CC1. The maximum Gasteiger partial charge on any atom is 0.306 e. The average molecular weight is 237 g/mol. The number of nitrogens with one attached hydrogen (secondary N) is 1. The summed E-state index contributed by atoms with van der Waals surface area (Å²) >= 11 is 0. The summed E-state index contributed by atoms with van der Waals surface area (Å²) in [6, 6.07) is 0.264. The van der Waals surface area contributed by atoms with Crippen molar-refractivity contribution in [3.63, 3.8) is 0 Å². The third kappa shape index (κ3) is 3.08.